The highest BCUT2D eigenvalue weighted by Gasteiger charge is 2.28. The van der Waals surface area contributed by atoms with E-state index in [0.29, 0.717) is 12.6 Å². The predicted octanol–water partition coefficient (Wildman–Crippen LogP) is 1.93. The SMILES string of the molecule is O=C(Cn1ccnc1)N1CCC(N2CCc3ccccc3C2)CC1. The van der Waals surface area contributed by atoms with Gasteiger partial charge in [-0.25, -0.2) is 4.98 Å². The third-order valence-corrected chi connectivity index (χ3v) is 5.37. The second kappa shape index (κ2) is 6.77. The van der Waals surface area contributed by atoms with E-state index in [-0.39, 0.29) is 5.91 Å². The minimum atomic E-state index is 0.204. The molecule has 0 bridgehead atoms. The van der Waals surface area contributed by atoms with Gasteiger partial charge in [0.15, 0.2) is 0 Å². The first kappa shape index (κ1) is 15.4. The summed E-state index contributed by atoms with van der Waals surface area (Å²) >= 11 is 0. The summed E-state index contributed by atoms with van der Waals surface area (Å²) in [6.45, 7) is 4.35. The molecule has 1 saturated heterocycles. The van der Waals surface area contributed by atoms with E-state index in [9.17, 15) is 4.79 Å². The van der Waals surface area contributed by atoms with Gasteiger partial charge >= 0.3 is 0 Å². The van der Waals surface area contributed by atoms with Gasteiger partial charge in [-0.15, -0.1) is 0 Å². The van der Waals surface area contributed by atoms with Crippen LogP contribution in [0.25, 0.3) is 0 Å². The second-order valence-corrected chi connectivity index (χ2v) is 6.84. The van der Waals surface area contributed by atoms with E-state index in [1.54, 1.807) is 12.5 Å². The molecule has 5 heteroatoms. The van der Waals surface area contributed by atoms with Crippen LogP contribution in [0.1, 0.15) is 24.0 Å². The largest absolute Gasteiger partial charge is 0.341 e. The van der Waals surface area contributed by atoms with Gasteiger partial charge in [-0.05, 0) is 30.4 Å². The molecule has 1 amide bonds. The first-order valence-electron chi connectivity index (χ1n) is 8.84. The highest BCUT2D eigenvalue weighted by atomic mass is 16.2. The number of rotatable bonds is 3. The van der Waals surface area contributed by atoms with E-state index >= 15 is 0 Å². The number of piperidine rings is 1. The molecule has 1 aromatic heterocycles. The average Bonchev–Trinajstić information content (AvgIpc) is 3.14. The number of benzene rings is 1. The molecule has 5 nitrogen and oxygen atoms in total. The molecule has 2 aromatic rings. The Balaban J connectivity index is 1.31. The Morgan fingerprint density at radius 1 is 1.12 bits per heavy atom. The lowest BCUT2D eigenvalue weighted by atomic mass is 9.95. The lowest BCUT2D eigenvalue weighted by Crippen LogP contribution is -2.48. The molecule has 4 rings (SSSR count). The van der Waals surface area contributed by atoms with Crippen LogP contribution in [0, 0.1) is 0 Å². The van der Waals surface area contributed by atoms with Crippen LogP contribution in [0.15, 0.2) is 43.0 Å². The molecule has 24 heavy (non-hydrogen) atoms. The van der Waals surface area contributed by atoms with Gasteiger partial charge in [0, 0.05) is 44.6 Å². The van der Waals surface area contributed by atoms with Crippen LogP contribution in [0.3, 0.4) is 0 Å². The minimum absolute atomic E-state index is 0.204. The van der Waals surface area contributed by atoms with Crippen LogP contribution in [-0.4, -0.2) is 50.9 Å². The van der Waals surface area contributed by atoms with Gasteiger partial charge in [-0.1, -0.05) is 24.3 Å². The average molecular weight is 324 g/mol. The quantitative estimate of drug-likeness (QED) is 0.866. The molecule has 2 aliphatic heterocycles. The summed E-state index contributed by atoms with van der Waals surface area (Å²) in [4.78, 5) is 21.0. The zero-order valence-electron chi connectivity index (χ0n) is 14.0. The first-order chi connectivity index (χ1) is 11.8. The molecule has 0 unspecified atom stereocenters. The molecule has 0 radical (unpaired) electrons. The molecule has 0 N–H and O–H groups in total. The summed E-state index contributed by atoms with van der Waals surface area (Å²) in [5, 5.41) is 0. The molecule has 0 atom stereocenters. The Kier molecular flexibility index (Phi) is 4.34. The van der Waals surface area contributed by atoms with Crippen molar-refractivity contribution in [1.29, 1.82) is 0 Å². The number of aromatic nitrogens is 2. The van der Waals surface area contributed by atoms with Crippen LogP contribution in [0.4, 0.5) is 0 Å². The van der Waals surface area contributed by atoms with Gasteiger partial charge in [-0.2, -0.15) is 0 Å². The molecule has 1 fully saturated rings. The second-order valence-electron chi connectivity index (χ2n) is 6.84. The highest BCUT2D eigenvalue weighted by molar-refractivity contribution is 5.76. The maximum atomic E-state index is 12.4. The van der Waals surface area contributed by atoms with Crippen LogP contribution < -0.4 is 0 Å². The maximum Gasteiger partial charge on any atom is 0.242 e. The number of hydrogen-bond acceptors (Lipinski definition) is 3. The van der Waals surface area contributed by atoms with E-state index in [0.717, 1.165) is 45.4 Å². The van der Waals surface area contributed by atoms with Gasteiger partial charge in [-0.3, -0.25) is 9.69 Å². The van der Waals surface area contributed by atoms with E-state index in [4.69, 9.17) is 0 Å². The Morgan fingerprint density at radius 2 is 1.92 bits per heavy atom. The minimum Gasteiger partial charge on any atom is -0.341 e. The monoisotopic (exact) mass is 324 g/mol. The number of amides is 1. The lowest BCUT2D eigenvalue weighted by molar-refractivity contribution is -0.133. The van der Waals surface area contributed by atoms with Crippen molar-refractivity contribution >= 4 is 5.91 Å². The Bertz CT molecular complexity index is 689. The molecule has 126 valence electrons. The van der Waals surface area contributed by atoms with Crippen LogP contribution in [0.5, 0.6) is 0 Å². The fourth-order valence-corrected chi connectivity index (χ4v) is 3.95. The van der Waals surface area contributed by atoms with Crippen molar-refractivity contribution in [2.24, 2.45) is 0 Å². The highest BCUT2D eigenvalue weighted by Crippen LogP contribution is 2.25. The summed E-state index contributed by atoms with van der Waals surface area (Å²) in [7, 11) is 0. The number of likely N-dealkylation sites (tertiary alicyclic amines) is 1. The van der Waals surface area contributed by atoms with Gasteiger partial charge in [0.25, 0.3) is 0 Å². The fourth-order valence-electron chi connectivity index (χ4n) is 3.95. The fraction of sp³-hybridized carbons (Fsp3) is 0.474. The van der Waals surface area contributed by atoms with Crippen molar-refractivity contribution in [3.63, 3.8) is 0 Å². The summed E-state index contributed by atoms with van der Waals surface area (Å²) < 4.78 is 1.84. The molecular weight excluding hydrogens is 300 g/mol. The summed E-state index contributed by atoms with van der Waals surface area (Å²) in [5.74, 6) is 0.204. The number of carbonyl (C=O) groups excluding carboxylic acids is 1. The number of nitrogens with zero attached hydrogens (tertiary/aromatic N) is 4. The van der Waals surface area contributed by atoms with E-state index in [1.165, 1.54) is 11.1 Å². The van der Waals surface area contributed by atoms with Crippen molar-refractivity contribution < 1.29 is 4.79 Å². The van der Waals surface area contributed by atoms with Crippen molar-refractivity contribution in [3.8, 4) is 0 Å². The van der Waals surface area contributed by atoms with Crippen LogP contribution >= 0.6 is 0 Å². The zero-order valence-corrected chi connectivity index (χ0v) is 14.0. The smallest absolute Gasteiger partial charge is 0.242 e. The third kappa shape index (κ3) is 3.22. The topological polar surface area (TPSA) is 41.4 Å². The van der Waals surface area contributed by atoms with Crippen LogP contribution in [0.2, 0.25) is 0 Å². The van der Waals surface area contributed by atoms with Crippen molar-refractivity contribution in [1.82, 2.24) is 19.4 Å². The van der Waals surface area contributed by atoms with Gasteiger partial charge in [0.1, 0.15) is 6.54 Å². The zero-order chi connectivity index (χ0) is 16.4. The number of fused-ring (bicyclic) bond motifs is 1. The van der Waals surface area contributed by atoms with Gasteiger partial charge in [0.05, 0.1) is 6.33 Å². The summed E-state index contributed by atoms with van der Waals surface area (Å²) in [6, 6.07) is 9.39. The molecule has 0 saturated carbocycles. The number of carbonyl (C=O) groups is 1. The Morgan fingerprint density at radius 3 is 2.67 bits per heavy atom. The van der Waals surface area contributed by atoms with Gasteiger partial charge < -0.3 is 9.47 Å². The van der Waals surface area contributed by atoms with E-state index in [1.807, 2.05) is 15.7 Å². The summed E-state index contributed by atoms with van der Waals surface area (Å²) in [5.41, 5.74) is 2.98. The van der Waals surface area contributed by atoms with Crippen molar-refractivity contribution in [3.05, 3.63) is 54.1 Å². The lowest BCUT2D eigenvalue weighted by Gasteiger charge is -2.40. The van der Waals surface area contributed by atoms with E-state index < -0.39 is 0 Å². The maximum absolute atomic E-state index is 12.4. The first-order valence-corrected chi connectivity index (χ1v) is 8.84. The van der Waals surface area contributed by atoms with E-state index in [2.05, 4.69) is 34.1 Å². The summed E-state index contributed by atoms with van der Waals surface area (Å²) in [6.07, 6.45) is 8.57. The predicted molar refractivity (Wildman–Crippen MR) is 92.4 cm³/mol. The molecule has 1 aromatic carbocycles. The molecular formula is C19H24N4O. The van der Waals surface area contributed by atoms with Crippen molar-refractivity contribution in [2.75, 3.05) is 19.6 Å². The molecule has 2 aliphatic rings. The number of imidazole rings is 1. The normalized spacial score (nSPS) is 19.2. The van der Waals surface area contributed by atoms with Crippen LogP contribution in [-0.2, 0) is 24.3 Å². The molecule has 3 heterocycles. The molecule has 0 spiro atoms. The Hall–Kier alpha value is -2.14. The third-order valence-electron chi connectivity index (χ3n) is 5.37. The molecule has 0 aliphatic carbocycles. The Labute approximate surface area is 142 Å². The standard InChI is InChI=1S/C19H24N4O/c24-19(14-21-12-8-20-15-21)22-10-6-18(7-11-22)23-9-5-16-3-1-2-4-17(16)13-23/h1-4,8,12,15,18H,5-7,9-11,13-14H2. The number of hydrogen-bond donors (Lipinski definition) is 0. The van der Waals surface area contributed by atoms with Gasteiger partial charge in [0.2, 0.25) is 5.91 Å². The van der Waals surface area contributed by atoms with Crippen molar-refractivity contribution in [2.45, 2.75) is 38.4 Å².